The normalized spacial score (nSPS) is 11.4. The van der Waals surface area contributed by atoms with Crippen molar-refractivity contribution in [1.29, 1.82) is 0 Å². The summed E-state index contributed by atoms with van der Waals surface area (Å²) in [5.41, 5.74) is 8.33. The molecule has 5 nitrogen and oxygen atoms in total. The first-order valence-corrected chi connectivity index (χ1v) is 8.33. The summed E-state index contributed by atoms with van der Waals surface area (Å²) < 4.78 is 15.9. The zero-order valence-corrected chi connectivity index (χ0v) is 15.8. The summed E-state index contributed by atoms with van der Waals surface area (Å²) in [6.45, 7) is 3.95. The molecule has 0 spiro atoms. The Bertz CT molecular complexity index is 825. The molecule has 0 unspecified atom stereocenters. The third-order valence-electron chi connectivity index (χ3n) is 4.12. The number of carbonyl (C=O) groups is 1. The summed E-state index contributed by atoms with van der Waals surface area (Å²) in [6.07, 6.45) is 1.84. The zero-order chi connectivity index (χ0) is 19.3. The molecule has 2 N–H and O–H groups in total. The van der Waals surface area contributed by atoms with Crippen LogP contribution in [0.15, 0.2) is 42.0 Å². The molecule has 2 aromatic rings. The number of hydrogen-bond acceptors (Lipinski definition) is 5. The molecule has 2 rings (SSSR count). The molecule has 0 fully saturated rings. The minimum Gasteiger partial charge on any atom is -0.497 e. The Morgan fingerprint density at radius 3 is 2.15 bits per heavy atom. The number of nitrogen functional groups attached to an aromatic ring is 1. The maximum absolute atomic E-state index is 13.1. The van der Waals surface area contributed by atoms with Crippen LogP contribution in [0.1, 0.15) is 29.8 Å². The Morgan fingerprint density at radius 1 is 0.962 bits per heavy atom. The molecule has 0 aromatic heterocycles. The first kappa shape index (κ1) is 19.4. The van der Waals surface area contributed by atoms with Crippen LogP contribution in [0.4, 0.5) is 5.69 Å². The van der Waals surface area contributed by atoms with Gasteiger partial charge >= 0.3 is 0 Å². The van der Waals surface area contributed by atoms with Gasteiger partial charge in [-0.1, -0.05) is 13.8 Å². The lowest BCUT2D eigenvalue weighted by Gasteiger charge is -2.14. The fourth-order valence-electron chi connectivity index (χ4n) is 2.66. The molecule has 0 aliphatic rings. The predicted octanol–water partition coefficient (Wildman–Crippen LogP) is 4.22. The van der Waals surface area contributed by atoms with Crippen molar-refractivity contribution in [3.63, 3.8) is 0 Å². The Labute approximate surface area is 154 Å². The maximum Gasteiger partial charge on any atom is 0.189 e. The molecule has 138 valence electrons. The van der Waals surface area contributed by atoms with Crippen molar-refractivity contribution in [3.8, 4) is 17.2 Å². The molecule has 5 heteroatoms. The van der Waals surface area contributed by atoms with Crippen molar-refractivity contribution < 1.29 is 19.0 Å². The number of nitrogens with two attached hydrogens (primary N) is 1. The van der Waals surface area contributed by atoms with E-state index in [1.807, 2.05) is 38.1 Å². The zero-order valence-electron chi connectivity index (χ0n) is 15.8. The highest BCUT2D eigenvalue weighted by molar-refractivity contribution is 6.12. The van der Waals surface area contributed by atoms with E-state index in [1.165, 1.54) is 0 Å². The van der Waals surface area contributed by atoms with Crippen LogP contribution < -0.4 is 19.9 Å². The number of rotatable bonds is 7. The number of anilines is 1. The fraction of sp³-hybridized carbons (Fsp3) is 0.286. The lowest BCUT2D eigenvalue weighted by atomic mass is 9.92. The molecular formula is C21H25NO4. The van der Waals surface area contributed by atoms with Gasteiger partial charge in [-0.15, -0.1) is 0 Å². The van der Waals surface area contributed by atoms with Crippen molar-refractivity contribution in [1.82, 2.24) is 0 Å². The fourth-order valence-corrected chi connectivity index (χ4v) is 2.66. The lowest BCUT2D eigenvalue weighted by Crippen LogP contribution is -2.10. The third-order valence-corrected chi connectivity index (χ3v) is 4.12. The molecule has 26 heavy (non-hydrogen) atoms. The molecule has 0 saturated carbocycles. The van der Waals surface area contributed by atoms with Gasteiger partial charge in [0.1, 0.15) is 17.2 Å². The van der Waals surface area contributed by atoms with Crippen LogP contribution in [0, 0.1) is 5.92 Å². The van der Waals surface area contributed by atoms with E-state index in [1.54, 1.807) is 39.5 Å². The average molecular weight is 355 g/mol. The van der Waals surface area contributed by atoms with Crippen molar-refractivity contribution in [2.75, 3.05) is 27.1 Å². The molecule has 0 amide bonds. The average Bonchev–Trinajstić information content (AvgIpc) is 2.64. The number of Topliss-reactive ketones (excluding diaryl/α,β-unsaturated/α-hetero) is 1. The molecule has 0 saturated heterocycles. The van der Waals surface area contributed by atoms with Gasteiger partial charge in [0.2, 0.25) is 0 Å². The quantitative estimate of drug-likeness (QED) is 0.457. The predicted molar refractivity (Wildman–Crippen MR) is 104 cm³/mol. The Morgan fingerprint density at radius 2 is 1.62 bits per heavy atom. The van der Waals surface area contributed by atoms with Gasteiger partial charge in [0, 0.05) is 16.7 Å². The highest BCUT2D eigenvalue weighted by atomic mass is 16.5. The van der Waals surface area contributed by atoms with Crippen molar-refractivity contribution in [2.24, 2.45) is 5.92 Å². The number of hydrogen-bond donors (Lipinski definition) is 1. The minimum atomic E-state index is -0.0840. The van der Waals surface area contributed by atoms with E-state index in [2.05, 4.69) is 0 Å². The highest BCUT2D eigenvalue weighted by Crippen LogP contribution is 2.30. The lowest BCUT2D eigenvalue weighted by molar-refractivity contribution is 0.102. The maximum atomic E-state index is 13.1. The van der Waals surface area contributed by atoms with Crippen molar-refractivity contribution in [3.05, 3.63) is 53.1 Å². The number of allylic oxidation sites excluding steroid dienone is 1. The summed E-state index contributed by atoms with van der Waals surface area (Å²) in [5.74, 6) is 1.85. The molecule has 0 aliphatic heterocycles. The van der Waals surface area contributed by atoms with Gasteiger partial charge < -0.3 is 19.9 Å². The van der Waals surface area contributed by atoms with Gasteiger partial charge in [-0.05, 0) is 48.4 Å². The van der Waals surface area contributed by atoms with E-state index >= 15 is 0 Å². The number of ether oxygens (including phenoxy) is 3. The van der Waals surface area contributed by atoms with Crippen LogP contribution >= 0.6 is 0 Å². The van der Waals surface area contributed by atoms with Crippen molar-refractivity contribution >= 4 is 17.5 Å². The van der Waals surface area contributed by atoms with E-state index in [4.69, 9.17) is 19.9 Å². The van der Waals surface area contributed by atoms with Crippen LogP contribution in [0.2, 0.25) is 0 Å². The molecule has 0 atom stereocenters. The summed E-state index contributed by atoms with van der Waals surface area (Å²) in [5, 5.41) is 0. The van der Waals surface area contributed by atoms with Crippen LogP contribution in [0.25, 0.3) is 6.08 Å². The molecular weight excluding hydrogens is 330 g/mol. The van der Waals surface area contributed by atoms with E-state index in [9.17, 15) is 4.79 Å². The van der Waals surface area contributed by atoms with Gasteiger partial charge in [-0.2, -0.15) is 0 Å². The van der Waals surface area contributed by atoms with E-state index in [0.717, 1.165) is 5.56 Å². The van der Waals surface area contributed by atoms with Gasteiger partial charge in [-0.25, -0.2) is 0 Å². The number of ketones is 1. The summed E-state index contributed by atoms with van der Waals surface area (Å²) in [4.78, 5) is 13.1. The van der Waals surface area contributed by atoms with E-state index in [0.29, 0.717) is 34.1 Å². The molecule has 0 bridgehead atoms. The second-order valence-corrected chi connectivity index (χ2v) is 6.15. The molecule has 0 radical (unpaired) electrons. The smallest absolute Gasteiger partial charge is 0.189 e. The van der Waals surface area contributed by atoms with Crippen LogP contribution in [0.3, 0.4) is 0 Å². The SMILES string of the molecule is COc1ccc(OC)c(/C=C(/C(=O)c2ccc(OC)c(N)c2)C(C)C)c1. The van der Waals surface area contributed by atoms with E-state index < -0.39 is 0 Å². The first-order chi connectivity index (χ1) is 12.4. The van der Waals surface area contributed by atoms with E-state index in [-0.39, 0.29) is 11.7 Å². The second kappa shape index (κ2) is 8.43. The number of methoxy groups -OCH3 is 3. The monoisotopic (exact) mass is 355 g/mol. The Balaban J connectivity index is 2.50. The van der Waals surface area contributed by atoms with Gasteiger partial charge in [0.15, 0.2) is 5.78 Å². The van der Waals surface area contributed by atoms with Gasteiger partial charge in [-0.3, -0.25) is 4.79 Å². The summed E-state index contributed by atoms with van der Waals surface area (Å²) in [6, 6.07) is 10.5. The Hall–Kier alpha value is -2.95. The van der Waals surface area contributed by atoms with Crippen LogP contribution in [0.5, 0.6) is 17.2 Å². The Kier molecular flexibility index (Phi) is 6.28. The van der Waals surface area contributed by atoms with Crippen LogP contribution in [-0.2, 0) is 0 Å². The first-order valence-electron chi connectivity index (χ1n) is 8.33. The standard InChI is InChI=1S/C21H25NO4/c1-13(2)17(11-15-10-16(24-3)7-9-19(15)25-4)21(23)14-6-8-20(26-5)18(22)12-14/h6-13H,22H2,1-5H3/b17-11+. The van der Waals surface area contributed by atoms with Gasteiger partial charge in [0.05, 0.1) is 27.0 Å². The number of benzene rings is 2. The molecule has 0 aliphatic carbocycles. The van der Waals surface area contributed by atoms with Crippen LogP contribution in [-0.4, -0.2) is 27.1 Å². The van der Waals surface area contributed by atoms with Gasteiger partial charge in [0.25, 0.3) is 0 Å². The highest BCUT2D eigenvalue weighted by Gasteiger charge is 2.18. The largest absolute Gasteiger partial charge is 0.497 e. The van der Waals surface area contributed by atoms with Crippen molar-refractivity contribution in [2.45, 2.75) is 13.8 Å². The number of carbonyl (C=O) groups excluding carboxylic acids is 1. The second-order valence-electron chi connectivity index (χ2n) is 6.15. The summed E-state index contributed by atoms with van der Waals surface area (Å²) >= 11 is 0. The molecule has 2 aromatic carbocycles. The summed E-state index contributed by atoms with van der Waals surface area (Å²) in [7, 11) is 4.74. The topological polar surface area (TPSA) is 70.8 Å². The third kappa shape index (κ3) is 4.17. The minimum absolute atomic E-state index is 0.0155. The molecule has 0 heterocycles.